The second kappa shape index (κ2) is 16.7. The minimum atomic E-state index is -1.83. The monoisotopic (exact) mass is 751 g/mol. The number of halogens is 2. The molecule has 4 aromatic carbocycles. The van der Waals surface area contributed by atoms with Crippen LogP contribution in [0.1, 0.15) is 84.4 Å². The number of rotatable bonds is 11. The zero-order chi connectivity index (χ0) is 33.3. The molecular formula is C42H47Br2NSi. The molecular weight excluding hydrogens is 706 g/mol. The normalized spacial score (nSPS) is 11.3. The summed E-state index contributed by atoms with van der Waals surface area (Å²) < 4.78 is 2.13. The van der Waals surface area contributed by atoms with Gasteiger partial charge >= 0.3 is 0 Å². The van der Waals surface area contributed by atoms with Crippen molar-refractivity contribution in [3.63, 3.8) is 0 Å². The van der Waals surface area contributed by atoms with Gasteiger partial charge in [-0.25, -0.2) is 0 Å². The van der Waals surface area contributed by atoms with E-state index in [1.807, 2.05) is 0 Å². The summed E-state index contributed by atoms with van der Waals surface area (Å²) in [5.41, 5.74) is 17.5. The lowest BCUT2D eigenvalue weighted by molar-refractivity contribution is 0.825. The van der Waals surface area contributed by atoms with E-state index in [2.05, 4.69) is 206 Å². The van der Waals surface area contributed by atoms with Gasteiger partial charge in [0.2, 0.25) is 0 Å². The van der Waals surface area contributed by atoms with Crippen LogP contribution in [0.15, 0.2) is 112 Å². The Morgan fingerprint density at radius 1 is 0.696 bits per heavy atom. The van der Waals surface area contributed by atoms with E-state index >= 15 is 0 Å². The molecule has 1 nitrogen and oxygen atoms in total. The van der Waals surface area contributed by atoms with Gasteiger partial charge in [-0.2, -0.15) is 0 Å². The van der Waals surface area contributed by atoms with Gasteiger partial charge in [-0.3, -0.25) is 0 Å². The molecule has 0 saturated carbocycles. The maximum Gasteiger partial charge on any atom is 0.146 e. The Morgan fingerprint density at radius 2 is 1.17 bits per heavy atom. The molecule has 0 spiro atoms. The fourth-order valence-electron chi connectivity index (χ4n) is 6.60. The SMILES string of the molecule is CCCCC(=C=Cc1ccccc1C#C[Si](C(C)C)(C(C)C)C(C)C)c1ccc(N(c2ccc(Br)cc2)c2ccc(Br)cc2)cc1. The van der Waals surface area contributed by atoms with Crippen LogP contribution in [-0.4, -0.2) is 8.07 Å². The molecule has 0 saturated heterocycles. The highest BCUT2D eigenvalue weighted by Gasteiger charge is 2.41. The Balaban J connectivity index is 1.74. The number of benzene rings is 4. The first-order valence-corrected chi connectivity index (χ1v) is 20.4. The molecule has 0 unspecified atom stereocenters. The van der Waals surface area contributed by atoms with Crippen LogP contribution in [0.2, 0.25) is 16.6 Å². The van der Waals surface area contributed by atoms with Crippen molar-refractivity contribution in [1.82, 2.24) is 0 Å². The molecule has 0 radical (unpaired) electrons. The average Bonchev–Trinajstić information content (AvgIpc) is 3.04. The smallest absolute Gasteiger partial charge is 0.146 e. The first-order valence-electron chi connectivity index (χ1n) is 16.6. The topological polar surface area (TPSA) is 3.24 Å². The van der Waals surface area contributed by atoms with Crippen molar-refractivity contribution in [2.24, 2.45) is 0 Å². The van der Waals surface area contributed by atoms with Gasteiger partial charge in [0.15, 0.2) is 0 Å². The first kappa shape index (κ1) is 35.8. The third kappa shape index (κ3) is 8.64. The molecule has 0 aliphatic rings. The van der Waals surface area contributed by atoms with E-state index in [4.69, 9.17) is 0 Å². The first-order chi connectivity index (χ1) is 22.1. The number of nitrogens with zero attached hydrogens (tertiary/aromatic N) is 1. The van der Waals surface area contributed by atoms with Crippen LogP contribution in [0.25, 0.3) is 11.6 Å². The summed E-state index contributed by atoms with van der Waals surface area (Å²) in [5.74, 6) is 3.68. The molecule has 0 fully saturated rings. The Morgan fingerprint density at radius 3 is 1.65 bits per heavy atom. The molecule has 0 bridgehead atoms. The summed E-state index contributed by atoms with van der Waals surface area (Å²) in [6.45, 7) is 16.5. The molecule has 238 valence electrons. The van der Waals surface area contributed by atoms with Crippen LogP contribution < -0.4 is 4.90 Å². The van der Waals surface area contributed by atoms with Crippen molar-refractivity contribution in [2.45, 2.75) is 84.4 Å². The molecule has 0 amide bonds. The van der Waals surface area contributed by atoms with E-state index in [9.17, 15) is 0 Å². The van der Waals surface area contributed by atoms with Crippen molar-refractivity contribution < 1.29 is 0 Å². The molecule has 4 rings (SSSR count). The van der Waals surface area contributed by atoms with Crippen LogP contribution in [0.3, 0.4) is 0 Å². The number of anilines is 3. The number of hydrogen-bond acceptors (Lipinski definition) is 1. The second-order valence-electron chi connectivity index (χ2n) is 12.9. The molecule has 0 heterocycles. The summed E-state index contributed by atoms with van der Waals surface area (Å²) in [5, 5.41) is 0. The predicted octanol–water partition coefficient (Wildman–Crippen LogP) is 14.1. The third-order valence-corrected chi connectivity index (χ3v) is 16.4. The fourth-order valence-corrected chi connectivity index (χ4v) is 12.3. The highest BCUT2D eigenvalue weighted by molar-refractivity contribution is 9.10. The summed E-state index contributed by atoms with van der Waals surface area (Å²) in [6, 6.07) is 34.4. The lowest BCUT2D eigenvalue weighted by atomic mass is 9.99. The van der Waals surface area contributed by atoms with Crippen molar-refractivity contribution >= 4 is 68.6 Å². The minimum Gasteiger partial charge on any atom is -0.311 e. The van der Waals surface area contributed by atoms with E-state index in [1.54, 1.807) is 0 Å². The van der Waals surface area contributed by atoms with E-state index < -0.39 is 8.07 Å². The number of hydrogen-bond donors (Lipinski definition) is 0. The number of unbranched alkanes of at least 4 members (excludes halogenated alkanes) is 1. The molecule has 0 atom stereocenters. The predicted molar refractivity (Wildman–Crippen MR) is 212 cm³/mol. The van der Waals surface area contributed by atoms with Gasteiger partial charge in [0, 0.05) is 37.1 Å². The Bertz CT molecular complexity index is 1630. The molecule has 0 N–H and O–H groups in total. The highest BCUT2D eigenvalue weighted by atomic mass is 79.9. The Hall–Kier alpha value is -3.06. The molecule has 4 aromatic rings. The summed E-state index contributed by atoms with van der Waals surface area (Å²) in [4.78, 5) is 2.29. The van der Waals surface area contributed by atoms with Crippen LogP contribution in [0.4, 0.5) is 17.1 Å². The van der Waals surface area contributed by atoms with Crippen LogP contribution >= 0.6 is 31.9 Å². The van der Waals surface area contributed by atoms with Gasteiger partial charge < -0.3 is 4.90 Å². The molecule has 46 heavy (non-hydrogen) atoms. The van der Waals surface area contributed by atoms with Gasteiger partial charge in [-0.05, 0) is 113 Å². The van der Waals surface area contributed by atoms with Crippen molar-refractivity contribution in [3.05, 3.63) is 128 Å². The Kier molecular flexibility index (Phi) is 13.0. The van der Waals surface area contributed by atoms with Gasteiger partial charge in [0.25, 0.3) is 0 Å². The van der Waals surface area contributed by atoms with Crippen LogP contribution in [0.5, 0.6) is 0 Å². The van der Waals surface area contributed by atoms with Gasteiger partial charge in [-0.15, -0.1) is 11.3 Å². The largest absolute Gasteiger partial charge is 0.311 e. The zero-order valence-corrected chi connectivity index (χ0v) is 32.5. The zero-order valence-electron chi connectivity index (χ0n) is 28.4. The lowest BCUT2D eigenvalue weighted by Crippen LogP contribution is -2.43. The molecule has 0 aromatic heterocycles. The van der Waals surface area contributed by atoms with E-state index in [0.717, 1.165) is 56.4 Å². The average molecular weight is 754 g/mol. The van der Waals surface area contributed by atoms with Crippen LogP contribution in [0, 0.1) is 11.5 Å². The van der Waals surface area contributed by atoms with E-state index in [-0.39, 0.29) is 0 Å². The summed E-state index contributed by atoms with van der Waals surface area (Å²) in [7, 11) is -1.83. The summed E-state index contributed by atoms with van der Waals surface area (Å²) >= 11 is 7.18. The van der Waals surface area contributed by atoms with Gasteiger partial charge in [0.05, 0.1) is 0 Å². The fraction of sp³-hybridized carbons (Fsp3) is 0.310. The second-order valence-corrected chi connectivity index (χ2v) is 20.4. The lowest BCUT2D eigenvalue weighted by Gasteiger charge is -2.38. The quantitative estimate of drug-likeness (QED) is 0.0838. The number of allylic oxidation sites excluding steroid dienone is 1. The van der Waals surface area contributed by atoms with E-state index in [1.165, 1.54) is 11.1 Å². The van der Waals surface area contributed by atoms with Crippen molar-refractivity contribution in [1.29, 1.82) is 0 Å². The molecule has 4 heteroatoms. The minimum absolute atomic E-state index is 0.606. The Labute approximate surface area is 296 Å². The van der Waals surface area contributed by atoms with Gasteiger partial charge in [0.1, 0.15) is 8.07 Å². The maximum absolute atomic E-state index is 3.92. The van der Waals surface area contributed by atoms with Crippen molar-refractivity contribution in [2.75, 3.05) is 4.90 Å². The third-order valence-electron chi connectivity index (χ3n) is 9.07. The van der Waals surface area contributed by atoms with E-state index in [0.29, 0.717) is 16.6 Å². The standard InChI is InChI=1S/C42H47Br2NSi/c1-8-9-12-34(15-16-35-13-10-11-14-36(35)29-30-46(31(2)3,32(4)5)33(6)7)37-17-23-40(24-18-37)45(41-25-19-38(43)20-26-41)42-27-21-39(44)22-28-42/h10-11,13-14,16-28,31-33H,8-9,12H2,1-7H3. The molecule has 0 aliphatic heterocycles. The maximum atomic E-state index is 3.92. The van der Waals surface area contributed by atoms with Crippen LogP contribution in [-0.2, 0) is 0 Å². The van der Waals surface area contributed by atoms with Gasteiger partial charge in [-0.1, -0.05) is 123 Å². The highest BCUT2D eigenvalue weighted by Crippen LogP contribution is 2.41. The van der Waals surface area contributed by atoms with Crippen molar-refractivity contribution in [3.8, 4) is 11.5 Å². The summed E-state index contributed by atoms with van der Waals surface area (Å²) in [6.07, 6.45) is 5.39. The molecule has 0 aliphatic carbocycles.